The molecule has 0 amide bonds. The number of carbonyl (C=O) groups is 1. The molecule has 128 valence electrons. The number of ether oxygens (including phenoxy) is 2. The van der Waals surface area contributed by atoms with Gasteiger partial charge in [-0.3, -0.25) is 9.59 Å². The molecular weight excluding hydrogens is 308 g/mol. The van der Waals surface area contributed by atoms with Crippen LogP contribution in [0.2, 0.25) is 0 Å². The molecule has 0 saturated carbocycles. The minimum atomic E-state index is -0.486. The lowest BCUT2D eigenvalue weighted by molar-refractivity contribution is -0.144. The van der Waals surface area contributed by atoms with Gasteiger partial charge in [-0.1, -0.05) is 44.2 Å². The van der Waals surface area contributed by atoms with E-state index in [-0.39, 0.29) is 19.1 Å². The summed E-state index contributed by atoms with van der Waals surface area (Å²) >= 11 is 0. The third-order valence-corrected chi connectivity index (χ3v) is 3.36. The number of nitrogens with zero attached hydrogens (tertiary/aromatic N) is 2. The van der Waals surface area contributed by atoms with Crippen molar-refractivity contribution >= 4 is 5.97 Å². The molecule has 0 atom stereocenters. The summed E-state index contributed by atoms with van der Waals surface area (Å²) in [5.41, 5.74) is 1.24. The lowest BCUT2D eigenvalue weighted by Crippen LogP contribution is -2.28. The molecule has 24 heavy (non-hydrogen) atoms. The Hall–Kier alpha value is -2.63. The molecule has 6 nitrogen and oxygen atoms in total. The van der Waals surface area contributed by atoms with E-state index in [4.69, 9.17) is 9.47 Å². The van der Waals surface area contributed by atoms with Crippen molar-refractivity contribution in [3.05, 3.63) is 58.0 Å². The van der Waals surface area contributed by atoms with Crippen LogP contribution < -0.4 is 10.3 Å². The largest absolute Gasteiger partial charge is 0.487 e. The quantitative estimate of drug-likeness (QED) is 0.730. The predicted molar refractivity (Wildman–Crippen MR) is 90.0 cm³/mol. The van der Waals surface area contributed by atoms with Crippen LogP contribution in [0.25, 0.3) is 0 Å². The van der Waals surface area contributed by atoms with Crippen LogP contribution in [0.1, 0.15) is 37.9 Å². The van der Waals surface area contributed by atoms with Crippen molar-refractivity contribution in [2.24, 2.45) is 0 Å². The molecule has 0 spiro atoms. The van der Waals surface area contributed by atoms with Crippen LogP contribution in [0, 0.1) is 0 Å². The molecule has 0 N–H and O–H groups in total. The summed E-state index contributed by atoms with van der Waals surface area (Å²) in [6.07, 6.45) is 0. The van der Waals surface area contributed by atoms with Crippen molar-refractivity contribution in [2.45, 2.75) is 39.8 Å². The summed E-state index contributed by atoms with van der Waals surface area (Å²) in [4.78, 5) is 23.8. The third-order valence-electron chi connectivity index (χ3n) is 3.36. The van der Waals surface area contributed by atoms with Gasteiger partial charge >= 0.3 is 5.97 Å². The molecule has 0 unspecified atom stereocenters. The third kappa shape index (κ3) is 4.68. The molecule has 0 saturated heterocycles. The summed E-state index contributed by atoms with van der Waals surface area (Å²) in [5, 5.41) is 4.28. The summed E-state index contributed by atoms with van der Waals surface area (Å²) in [6.45, 7) is 6.04. The lowest BCUT2D eigenvalue weighted by Gasteiger charge is -2.15. The zero-order valence-corrected chi connectivity index (χ0v) is 14.2. The SMILES string of the molecule is CCOC(=O)Cn1nc(C(C)C)c(OCc2ccccc2)cc1=O. The van der Waals surface area contributed by atoms with Crippen LogP contribution in [0.15, 0.2) is 41.2 Å². The first kappa shape index (κ1) is 17.7. The van der Waals surface area contributed by atoms with E-state index in [1.54, 1.807) is 6.92 Å². The molecule has 2 aromatic rings. The Morgan fingerprint density at radius 2 is 1.96 bits per heavy atom. The first-order valence-corrected chi connectivity index (χ1v) is 7.95. The van der Waals surface area contributed by atoms with Crippen LogP contribution in [-0.4, -0.2) is 22.4 Å². The maximum Gasteiger partial charge on any atom is 0.327 e. The van der Waals surface area contributed by atoms with E-state index >= 15 is 0 Å². The fraction of sp³-hybridized carbons (Fsp3) is 0.389. The smallest absolute Gasteiger partial charge is 0.327 e. The number of hydrogen-bond acceptors (Lipinski definition) is 5. The van der Waals surface area contributed by atoms with Crippen LogP contribution >= 0.6 is 0 Å². The van der Waals surface area contributed by atoms with Gasteiger partial charge in [-0.2, -0.15) is 5.10 Å². The second-order valence-corrected chi connectivity index (χ2v) is 5.62. The molecule has 0 fully saturated rings. The van der Waals surface area contributed by atoms with E-state index in [0.717, 1.165) is 10.2 Å². The number of esters is 1. The van der Waals surface area contributed by atoms with Gasteiger partial charge in [0.05, 0.1) is 6.61 Å². The molecule has 6 heteroatoms. The molecule has 1 heterocycles. The fourth-order valence-corrected chi connectivity index (χ4v) is 2.18. The number of aromatic nitrogens is 2. The highest BCUT2D eigenvalue weighted by atomic mass is 16.5. The maximum atomic E-state index is 12.2. The summed E-state index contributed by atoms with van der Waals surface area (Å²) in [6, 6.07) is 11.1. The van der Waals surface area contributed by atoms with Gasteiger partial charge in [0.15, 0.2) is 0 Å². The summed E-state index contributed by atoms with van der Waals surface area (Å²) < 4.78 is 11.8. The molecule has 0 aliphatic rings. The van der Waals surface area contributed by atoms with E-state index in [0.29, 0.717) is 18.1 Å². The lowest BCUT2D eigenvalue weighted by atomic mass is 10.1. The Morgan fingerprint density at radius 1 is 1.25 bits per heavy atom. The molecule has 0 radical (unpaired) electrons. The molecular formula is C18H22N2O4. The van der Waals surface area contributed by atoms with E-state index in [2.05, 4.69) is 5.10 Å². The topological polar surface area (TPSA) is 70.4 Å². The van der Waals surface area contributed by atoms with Crippen molar-refractivity contribution < 1.29 is 14.3 Å². The van der Waals surface area contributed by atoms with Gasteiger partial charge in [-0.15, -0.1) is 0 Å². The molecule has 1 aromatic heterocycles. The summed E-state index contributed by atoms with van der Waals surface area (Å²) in [5.74, 6) is 0.00328. The van der Waals surface area contributed by atoms with Gasteiger partial charge in [0.25, 0.3) is 5.56 Å². The fourth-order valence-electron chi connectivity index (χ4n) is 2.18. The molecule has 0 bridgehead atoms. The molecule has 2 rings (SSSR count). The normalized spacial score (nSPS) is 10.7. The van der Waals surface area contributed by atoms with Crippen molar-refractivity contribution in [3.63, 3.8) is 0 Å². The summed E-state index contributed by atoms with van der Waals surface area (Å²) in [7, 11) is 0. The van der Waals surface area contributed by atoms with Gasteiger partial charge in [-0.05, 0) is 12.5 Å². The molecule has 0 aliphatic heterocycles. The minimum absolute atomic E-state index is 0.0461. The Bertz CT molecular complexity index is 738. The number of carbonyl (C=O) groups excluding carboxylic acids is 1. The van der Waals surface area contributed by atoms with Gasteiger partial charge in [0.1, 0.15) is 24.6 Å². The van der Waals surface area contributed by atoms with Crippen LogP contribution in [-0.2, 0) is 22.7 Å². The Morgan fingerprint density at radius 3 is 2.58 bits per heavy atom. The van der Waals surface area contributed by atoms with Crippen LogP contribution in [0.5, 0.6) is 5.75 Å². The van der Waals surface area contributed by atoms with Gasteiger partial charge in [0.2, 0.25) is 0 Å². The zero-order chi connectivity index (χ0) is 17.5. The average Bonchev–Trinajstić information content (AvgIpc) is 2.56. The van der Waals surface area contributed by atoms with E-state index < -0.39 is 11.5 Å². The van der Waals surface area contributed by atoms with Crippen molar-refractivity contribution in [2.75, 3.05) is 6.61 Å². The highest BCUT2D eigenvalue weighted by Crippen LogP contribution is 2.23. The minimum Gasteiger partial charge on any atom is -0.487 e. The Balaban J connectivity index is 2.23. The van der Waals surface area contributed by atoms with Crippen molar-refractivity contribution in [1.82, 2.24) is 9.78 Å². The number of benzene rings is 1. The van der Waals surface area contributed by atoms with Crippen LogP contribution in [0.4, 0.5) is 0 Å². The molecule has 1 aromatic carbocycles. The van der Waals surface area contributed by atoms with E-state index in [1.807, 2.05) is 44.2 Å². The molecule has 0 aliphatic carbocycles. The van der Waals surface area contributed by atoms with Gasteiger partial charge < -0.3 is 9.47 Å². The second-order valence-electron chi connectivity index (χ2n) is 5.62. The maximum absolute atomic E-state index is 12.2. The van der Waals surface area contributed by atoms with Gasteiger partial charge in [-0.25, -0.2) is 4.68 Å². The van der Waals surface area contributed by atoms with Crippen molar-refractivity contribution in [3.8, 4) is 5.75 Å². The average molecular weight is 330 g/mol. The first-order chi connectivity index (χ1) is 11.5. The van der Waals surface area contributed by atoms with Crippen LogP contribution in [0.3, 0.4) is 0 Å². The Kier molecular flexibility index (Phi) is 6.12. The van der Waals surface area contributed by atoms with Gasteiger partial charge in [0, 0.05) is 12.0 Å². The first-order valence-electron chi connectivity index (χ1n) is 7.95. The zero-order valence-electron chi connectivity index (χ0n) is 14.2. The standard InChI is InChI=1S/C18H22N2O4/c1-4-23-17(22)11-20-16(21)10-15(18(19-20)13(2)3)24-12-14-8-6-5-7-9-14/h5-10,13H,4,11-12H2,1-3H3. The highest BCUT2D eigenvalue weighted by Gasteiger charge is 2.15. The van der Waals surface area contributed by atoms with Crippen molar-refractivity contribution in [1.29, 1.82) is 0 Å². The Labute approximate surface area is 141 Å². The highest BCUT2D eigenvalue weighted by molar-refractivity contribution is 5.68. The number of rotatable bonds is 7. The van der Waals surface area contributed by atoms with E-state index in [1.165, 1.54) is 6.07 Å². The predicted octanol–water partition coefficient (Wildman–Crippen LogP) is 2.51. The number of hydrogen-bond donors (Lipinski definition) is 0. The second kappa shape index (κ2) is 8.29. The monoisotopic (exact) mass is 330 g/mol. The van der Waals surface area contributed by atoms with E-state index in [9.17, 15) is 9.59 Å².